The van der Waals surface area contributed by atoms with Crippen LogP contribution in [0.1, 0.15) is 23.2 Å². The van der Waals surface area contributed by atoms with E-state index in [9.17, 15) is 18.0 Å². The number of oxazole rings is 1. The summed E-state index contributed by atoms with van der Waals surface area (Å²) in [5.41, 5.74) is -1.27. The molecule has 6 heteroatoms. The summed E-state index contributed by atoms with van der Waals surface area (Å²) in [5, 5.41) is 0. The lowest BCUT2D eigenvalue weighted by Gasteiger charge is -2.01. The highest BCUT2D eigenvalue weighted by Gasteiger charge is 2.38. The van der Waals surface area contributed by atoms with Crippen molar-refractivity contribution in [2.24, 2.45) is 0 Å². The van der Waals surface area contributed by atoms with E-state index in [4.69, 9.17) is 0 Å². The van der Waals surface area contributed by atoms with Crippen LogP contribution in [0.2, 0.25) is 0 Å². The van der Waals surface area contributed by atoms with Crippen LogP contribution in [0.25, 0.3) is 0 Å². The molecule has 12 heavy (non-hydrogen) atoms. The number of carbonyl (C=O) groups is 1. The first-order chi connectivity index (χ1) is 5.43. The van der Waals surface area contributed by atoms with Gasteiger partial charge in [0.25, 0.3) is 0 Å². The molecule has 0 aromatic carbocycles. The van der Waals surface area contributed by atoms with Crippen molar-refractivity contribution in [3.63, 3.8) is 0 Å². The van der Waals surface area contributed by atoms with Crippen LogP contribution in [-0.2, 0) is 6.18 Å². The summed E-state index contributed by atoms with van der Waals surface area (Å²) >= 11 is 0. The van der Waals surface area contributed by atoms with Gasteiger partial charge in [-0.2, -0.15) is 13.2 Å². The van der Waals surface area contributed by atoms with Crippen LogP contribution in [0.4, 0.5) is 13.2 Å². The zero-order chi connectivity index (χ0) is 9.35. The molecule has 0 bridgehead atoms. The molecule has 0 atom stereocenters. The topological polar surface area (TPSA) is 43.1 Å². The van der Waals surface area contributed by atoms with Crippen LogP contribution in [0, 0.1) is 0 Å². The third-order valence-corrected chi connectivity index (χ3v) is 1.16. The lowest BCUT2D eigenvalue weighted by molar-refractivity contribution is -0.141. The lowest BCUT2D eigenvalue weighted by Crippen LogP contribution is -2.10. The normalized spacial score (nSPS) is 11.7. The van der Waals surface area contributed by atoms with Crippen LogP contribution < -0.4 is 0 Å². The van der Waals surface area contributed by atoms with Gasteiger partial charge in [0.15, 0.2) is 17.9 Å². The average Bonchev–Trinajstić information content (AvgIpc) is 2.30. The van der Waals surface area contributed by atoms with Gasteiger partial charge in [-0.25, -0.2) is 4.98 Å². The van der Waals surface area contributed by atoms with E-state index in [2.05, 4.69) is 9.40 Å². The van der Waals surface area contributed by atoms with E-state index in [1.165, 1.54) is 0 Å². The fourth-order valence-electron chi connectivity index (χ4n) is 0.698. The smallest absolute Gasteiger partial charge is 0.437 e. The van der Waals surface area contributed by atoms with Gasteiger partial charge in [-0.1, -0.05) is 0 Å². The van der Waals surface area contributed by atoms with Crippen LogP contribution in [-0.4, -0.2) is 10.8 Å². The lowest BCUT2D eigenvalue weighted by atomic mass is 10.2. The van der Waals surface area contributed by atoms with Gasteiger partial charge < -0.3 is 4.42 Å². The largest absolute Gasteiger partial charge is 0.440 e. The van der Waals surface area contributed by atoms with Gasteiger partial charge >= 0.3 is 6.18 Å². The predicted octanol–water partition coefficient (Wildman–Crippen LogP) is 1.90. The Morgan fingerprint density at radius 2 is 2.17 bits per heavy atom. The SMILES string of the molecule is CC(=O)c1ocnc1C(F)(F)F. The fourth-order valence-corrected chi connectivity index (χ4v) is 0.698. The number of ketones is 1. The number of hydrogen-bond donors (Lipinski definition) is 0. The van der Waals surface area contributed by atoms with Crippen LogP contribution in [0.15, 0.2) is 10.8 Å². The quantitative estimate of drug-likeness (QED) is 0.618. The molecule has 0 saturated heterocycles. The highest BCUT2D eigenvalue weighted by Crippen LogP contribution is 2.30. The van der Waals surface area contributed by atoms with Crippen LogP contribution in [0.3, 0.4) is 0 Å². The molecular formula is C6H4F3NO2. The van der Waals surface area contributed by atoms with E-state index in [0.29, 0.717) is 6.39 Å². The molecule has 0 N–H and O–H groups in total. The Labute approximate surface area is 65.2 Å². The van der Waals surface area contributed by atoms with Crippen molar-refractivity contribution < 1.29 is 22.4 Å². The second-order valence-electron chi connectivity index (χ2n) is 2.08. The van der Waals surface area contributed by atoms with Crippen molar-refractivity contribution in [1.82, 2.24) is 4.98 Å². The molecule has 0 unspecified atom stereocenters. The molecule has 66 valence electrons. The van der Waals surface area contributed by atoms with Crippen LogP contribution >= 0.6 is 0 Å². The number of alkyl halides is 3. The van der Waals surface area contributed by atoms with Gasteiger partial charge in [-0.3, -0.25) is 4.79 Å². The van der Waals surface area contributed by atoms with Gasteiger partial charge in [-0.15, -0.1) is 0 Å². The number of halogens is 3. The molecule has 0 aliphatic rings. The van der Waals surface area contributed by atoms with Gasteiger partial charge in [0, 0.05) is 6.92 Å². The number of Topliss-reactive ketones (excluding diaryl/α,β-unsaturated/α-hetero) is 1. The molecule has 1 aromatic heterocycles. The second kappa shape index (κ2) is 2.62. The Bertz CT molecular complexity index is 302. The van der Waals surface area contributed by atoms with Crippen molar-refractivity contribution in [3.8, 4) is 0 Å². The average molecular weight is 179 g/mol. The molecule has 1 heterocycles. The molecule has 0 aliphatic carbocycles. The Morgan fingerprint density at radius 1 is 1.58 bits per heavy atom. The standard InChI is InChI=1S/C6H4F3NO2/c1-3(11)4-5(6(7,8)9)10-2-12-4/h2H,1H3. The summed E-state index contributed by atoms with van der Waals surface area (Å²) in [6.45, 7) is 0.982. The van der Waals surface area contributed by atoms with Gasteiger partial charge in [0.1, 0.15) is 0 Å². The number of carbonyl (C=O) groups excluding carboxylic acids is 1. The summed E-state index contributed by atoms with van der Waals surface area (Å²) in [7, 11) is 0. The summed E-state index contributed by atoms with van der Waals surface area (Å²) < 4.78 is 40.2. The molecule has 0 saturated carbocycles. The molecule has 3 nitrogen and oxygen atoms in total. The van der Waals surface area contributed by atoms with Crippen molar-refractivity contribution in [2.75, 3.05) is 0 Å². The van der Waals surface area contributed by atoms with Crippen molar-refractivity contribution in [1.29, 1.82) is 0 Å². The first-order valence-electron chi connectivity index (χ1n) is 2.94. The highest BCUT2D eigenvalue weighted by atomic mass is 19.4. The monoisotopic (exact) mass is 179 g/mol. The first kappa shape index (κ1) is 8.76. The van der Waals surface area contributed by atoms with Crippen molar-refractivity contribution in [2.45, 2.75) is 13.1 Å². The second-order valence-corrected chi connectivity index (χ2v) is 2.08. The summed E-state index contributed by atoms with van der Waals surface area (Å²) in [6.07, 6.45) is -4.03. The Morgan fingerprint density at radius 3 is 2.50 bits per heavy atom. The minimum Gasteiger partial charge on any atom is -0.440 e. The highest BCUT2D eigenvalue weighted by molar-refractivity contribution is 5.92. The van der Waals surface area contributed by atoms with Gasteiger partial charge in [-0.05, 0) is 0 Å². The maximum absolute atomic E-state index is 12.0. The number of rotatable bonds is 1. The predicted molar refractivity (Wildman–Crippen MR) is 31.5 cm³/mol. The summed E-state index contributed by atoms with van der Waals surface area (Å²) in [5.74, 6) is -1.54. The molecule has 0 fully saturated rings. The maximum atomic E-state index is 12.0. The van der Waals surface area contributed by atoms with E-state index in [1.807, 2.05) is 0 Å². The molecular weight excluding hydrogens is 175 g/mol. The fraction of sp³-hybridized carbons (Fsp3) is 0.333. The summed E-state index contributed by atoms with van der Waals surface area (Å²) in [4.78, 5) is 13.4. The van der Waals surface area contributed by atoms with Crippen molar-refractivity contribution in [3.05, 3.63) is 17.8 Å². The third-order valence-electron chi connectivity index (χ3n) is 1.16. The summed E-state index contributed by atoms with van der Waals surface area (Å²) in [6, 6.07) is 0. The first-order valence-corrected chi connectivity index (χ1v) is 2.94. The number of aromatic nitrogens is 1. The Kier molecular flexibility index (Phi) is 1.91. The molecule has 1 aromatic rings. The number of hydrogen-bond acceptors (Lipinski definition) is 3. The molecule has 0 radical (unpaired) electrons. The van der Waals surface area contributed by atoms with Crippen LogP contribution in [0.5, 0.6) is 0 Å². The maximum Gasteiger partial charge on any atom is 0.437 e. The van der Waals surface area contributed by atoms with E-state index in [1.54, 1.807) is 0 Å². The Hall–Kier alpha value is -1.33. The van der Waals surface area contributed by atoms with Gasteiger partial charge in [0.2, 0.25) is 5.76 Å². The van der Waals surface area contributed by atoms with E-state index >= 15 is 0 Å². The molecule has 0 amide bonds. The Balaban J connectivity index is 3.17. The van der Waals surface area contributed by atoms with E-state index in [-0.39, 0.29) is 0 Å². The minimum absolute atomic E-state index is 0.597. The number of nitrogens with zero attached hydrogens (tertiary/aromatic N) is 1. The molecule has 0 spiro atoms. The molecule has 0 aliphatic heterocycles. The zero-order valence-corrected chi connectivity index (χ0v) is 5.97. The van der Waals surface area contributed by atoms with E-state index < -0.39 is 23.4 Å². The van der Waals surface area contributed by atoms with Crippen molar-refractivity contribution >= 4 is 5.78 Å². The van der Waals surface area contributed by atoms with E-state index in [0.717, 1.165) is 6.92 Å². The van der Waals surface area contributed by atoms with Gasteiger partial charge in [0.05, 0.1) is 0 Å². The molecule has 1 rings (SSSR count). The minimum atomic E-state index is -4.63. The third kappa shape index (κ3) is 1.46. The zero-order valence-electron chi connectivity index (χ0n) is 5.97.